The van der Waals surface area contributed by atoms with E-state index in [0.29, 0.717) is 6.42 Å². The molecule has 1 N–H and O–H groups in total. The smallest absolute Gasteiger partial charge is 0.310 e. The Bertz CT molecular complexity index is 354. The van der Waals surface area contributed by atoms with Gasteiger partial charge < -0.3 is 5.11 Å². The summed E-state index contributed by atoms with van der Waals surface area (Å²) >= 11 is 1.57. The second-order valence-electron chi connectivity index (χ2n) is 4.96. The molecule has 1 aromatic rings. The predicted octanol–water partition coefficient (Wildman–Crippen LogP) is 3.50. The van der Waals surface area contributed by atoms with Crippen molar-refractivity contribution in [3.8, 4) is 0 Å². The summed E-state index contributed by atoms with van der Waals surface area (Å²) in [7, 11) is 0. The molecule has 1 aliphatic rings. The van der Waals surface area contributed by atoms with Crippen LogP contribution < -0.4 is 0 Å². The Morgan fingerprint density at radius 3 is 2.47 bits per heavy atom. The normalized spacial score (nSPS) is 20.5. The second kappa shape index (κ2) is 5.63. The monoisotopic (exact) mass is 253 g/mol. The van der Waals surface area contributed by atoms with Crippen molar-refractivity contribution in [2.75, 3.05) is 0 Å². The third-order valence-corrected chi connectivity index (χ3v) is 4.52. The van der Waals surface area contributed by atoms with Gasteiger partial charge in [-0.3, -0.25) is 4.79 Å². The third-order valence-electron chi connectivity index (χ3n) is 3.74. The predicted molar refractivity (Wildman–Crippen MR) is 68.2 cm³/mol. The summed E-state index contributed by atoms with van der Waals surface area (Å²) in [5.41, 5.74) is -0.557. The van der Waals surface area contributed by atoms with Crippen LogP contribution in [0.4, 0.5) is 0 Å². The zero-order valence-electron chi connectivity index (χ0n) is 10.0. The maximum atomic E-state index is 11.6. The van der Waals surface area contributed by atoms with Gasteiger partial charge in [0.2, 0.25) is 0 Å². The van der Waals surface area contributed by atoms with Crippen molar-refractivity contribution in [2.24, 2.45) is 5.41 Å². The number of hydrogen-bond acceptors (Lipinski definition) is 3. The molecule has 0 unspecified atom stereocenters. The molecule has 0 atom stereocenters. The first kappa shape index (κ1) is 12.6. The molecular weight excluding hydrogens is 234 g/mol. The molecule has 0 amide bonds. The maximum absolute atomic E-state index is 11.6. The summed E-state index contributed by atoms with van der Waals surface area (Å²) in [6.45, 7) is 0. The Morgan fingerprint density at radius 2 is 1.94 bits per heavy atom. The molecule has 0 bridgehead atoms. The standard InChI is InChI=1S/C13H19NO2S/c15-12(16)13(10-11-14-8-9-17-11)6-4-2-1-3-5-7-13/h8-9H,1-7,10H2,(H,15,16). The van der Waals surface area contributed by atoms with Crippen LogP contribution in [-0.2, 0) is 11.2 Å². The molecule has 17 heavy (non-hydrogen) atoms. The minimum absolute atomic E-state index is 0.557. The molecular formula is C13H19NO2S. The number of thiazole rings is 1. The molecule has 0 saturated heterocycles. The van der Waals surface area contributed by atoms with Crippen LogP contribution in [0.25, 0.3) is 0 Å². The number of hydrogen-bond donors (Lipinski definition) is 1. The van der Waals surface area contributed by atoms with Crippen LogP contribution in [0, 0.1) is 5.41 Å². The second-order valence-corrected chi connectivity index (χ2v) is 5.93. The summed E-state index contributed by atoms with van der Waals surface area (Å²) in [6.07, 6.45) is 9.67. The van der Waals surface area contributed by atoms with Gasteiger partial charge in [-0.25, -0.2) is 4.98 Å². The Kier molecular flexibility index (Phi) is 4.15. The quantitative estimate of drug-likeness (QED) is 0.897. The SMILES string of the molecule is O=C(O)C1(Cc2nccs2)CCCCCCC1. The number of nitrogens with zero attached hydrogens (tertiary/aromatic N) is 1. The zero-order valence-corrected chi connectivity index (χ0v) is 10.8. The fourth-order valence-electron chi connectivity index (χ4n) is 2.68. The van der Waals surface area contributed by atoms with Crippen molar-refractivity contribution in [3.05, 3.63) is 16.6 Å². The van der Waals surface area contributed by atoms with E-state index in [0.717, 1.165) is 30.7 Å². The van der Waals surface area contributed by atoms with E-state index in [2.05, 4.69) is 4.98 Å². The van der Waals surface area contributed by atoms with Crippen molar-refractivity contribution < 1.29 is 9.90 Å². The molecule has 1 saturated carbocycles. The van der Waals surface area contributed by atoms with Crippen molar-refractivity contribution in [2.45, 2.75) is 51.4 Å². The summed E-state index contributed by atoms with van der Waals surface area (Å²) in [6, 6.07) is 0. The van der Waals surface area contributed by atoms with Gasteiger partial charge in [0.15, 0.2) is 0 Å². The number of aromatic nitrogens is 1. The lowest BCUT2D eigenvalue weighted by Crippen LogP contribution is -2.34. The Balaban J connectivity index is 2.14. The first-order chi connectivity index (χ1) is 8.23. The summed E-state index contributed by atoms with van der Waals surface area (Å²) in [5.74, 6) is -0.630. The third kappa shape index (κ3) is 3.06. The number of carboxylic acid groups (broad SMARTS) is 1. The van der Waals surface area contributed by atoms with Crippen LogP contribution in [0.2, 0.25) is 0 Å². The molecule has 0 aromatic carbocycles. The van der Waals surface area contributed by atoms with Crippen molar-refractivity contribution in [1.82, 2.24) is 4.98 Å². The minimum Gasteiger partial charge on any atom is -0.481 e. The van der Waals surface area contributed by atoms with Crippen LogP contribution in [0.1, 0.15) is 50.0 Å². The maximum Gasteiger partial charge on any atom is 0.310 e. The molecule has 1 aliphatic carbocycles. The lowest BCUT2D eigenvalue weighted by molar-refractivity contribution is -0.150. The fraction of sp³-hybridized carbons (Fsp3) is 0.692. The van der Waals surface area contributed by atoms with Gasteiger partial charge in [0.25, 0.3) is 0 Å². The van der Waals surface area contributed by atoms with Gasteiger partial charge in [-0.2, -0.15) is 0 Å². The number of rotatable bonds is 3. The van der Waals surface area contributed by atoms with Gasteiger partial charge in [0.1, 0.15) is 0 Å². The fourth-order valence-corrected chi connectivity index (χ4v) is 3.44. The van der Waals surface area contributed by atoms with Gasteiger partial charge in [0.05, 0.1) is 10.4 Å². The van der Waals surface area contributed by atoms with Gasteiger partial charge >= 0.3 is 5.97 Å². The molecule has 1 aromatic heterocycles. The van der Waals surface area contributed by atoms with E-state index >= 15 is 0 Å². The molecule has 2 rings (SSSR count). The number of aliphatic carboxylic acids is 1. The lowest BCUT2D eigenvalue weighted by Gasteiger charge is -2.30. The van der Waals surface area contributed by atoms with Crippen LogP contribution in [0.15, 0.2) is 11.6 Å². The average molecular weight is 253 g/mol. The van der Waals surface area contributed by atoms with Crippen molar-refractivity contribution in [1.29, 1.82) is 0 Å². The molecule has 94 valence electrons. The molecule has 0 aliphatic heterocycles. The average Bonchev–Trinajstić information content (AvgIpc) is 2.74. The van der Waals surface area contributed by atoms with E-state index in [1.54, 1.807) is 17.5 Å². The van der Waals surface area contributed by atoms with Gasteiger partial charge in [-0.05, 0) is 12.8 Å². The number of carbonyl (C=O) groups is 1. The summed E-state index contributed by atoms with van der Waals surface area (Å²) in [4.78, 5) is 15.9. The highest BCUT2D eigenvalue weighted by atomic mass is 32.1. The lowest BCUT2D eigenvalue weighted by atomic mass is 9.74. The van der Waals surface area contributed by atoms with Crippen LogP contribution >= 0.6 is 11.3 Å². The molecule has 1 heterocycles. The van der Waals surface area contributed by atoms with E-state index < -0.39 is 11.4 Å². The van der Waals surface area contributed by atoms with E-state index in [1.807, 2.05) is 5.38 Å². The molecule has 4 heteroatoms. The summed E-state index contributed by atoms with van der Waals surface area (Å²) < 4.78 is 0. The Morgan fingerprint density at radius 1 is 1.29 bits per heavy atom. The van der Waals surface area contributed by atoms with Gasteiger partial charge in [-0.1, -0.05) is 32.1 Å². The Hall–Kier alpha value is -0.900. The summed E-state index contributed by atoms with van der Waals surface area (Å²) in [5, 5.41) is 12.5. The van der Waals surface area contributed by atoms with E-state index in [-0.39, 0.29) is 0 Å². The minimum atomic E-state index is -0.630. The van der Waals surface area contributed by atoms with Gasteiger partial charge in [-0.15, -0.1) is 11.3 Å². The highest BCUT2D eigenvalue weighted by Crippen LogP contribution is 2.38. The van der Waals surface area contributed by atoms with Crippen molar-refractivity contribution >= 4 is 17.3 Å². The van der Waals surface area contributed by atoms with E-state index in [4.69, 9.17) is 0 Å². The van der Waals surface area contributed by atoms with Crippen LogP contribution in [-0.4, -0.2) is 16.1 Å². The molecule has 3 nitrogen and oxygen atoms in total. The van der Waals surface area contributed by atoms with E-state index in [1.165, 1.54) is 19.3 Å². The van der Waals surface area contributed by atoms with Gasteiger partial charge in [0, 0.05) is 18.0 Å². The largest absolute Gasteiger partial charge is 0.481 e. The molecule has 0 spiro atoms. The van der Waals surface area contributed by atoms with Crippen LogP contribution in [0.3, 0.4) is 0 Å². The first-order valence-corrected chi connectivity index (χ1v) is 7.23. The zero-order chi connectivity index (χ0) is 12.1. The van der Waals surface area contributed by atoms with Crippen molar-refractivity contribution in [3.63, 3.8) is 0 Å². The van der Waals surface area contributed by atoms with Crippen LogP contribution in [0.5, 0.6) is 0 Å². The molecule has 1 fully saturated rings. The van der Waals surface area contributed by atoms with E-state index in [9.17, 15) is 9.90 Å². The topological polar surface area (TPSA) is 50.2 Å². The Labute approximate surface area is 106 Å². The number of carboxylic acids is 1. The highest BCUT2D eigenvalue weighted by molar-refractivity contribution is 7.09. The molecule has 0 radical (unpaired) electrons. The first-order valence-electron chi connectivity index (χ1n) is 6.35. The highest BCUT2D eigenvalue weighted by Gasteiger charge is 2.38.